The second kappa shape index (κ2) is 29.4. The Kier molecular flexibility index (Phi) is 27.0. The molecule has 0 radical (unpaired) electrons. The summed E-state index contributed by atoms with van der Waals surface area (Å²) in [7, 11) is 0. The third kappa shape index (κ3) is 18.6. The summed E-state index contributed by atoms with van der Waals surface area (Å²) in [6, 6.07) is 0. The number of carbonyl (C=O) groups is 1. The lowest BCUT2D eigenvalue weighted by atomic mass is 9.85. The van der Waals surface area contributed by atoms with Crippen LogP contribution in [0.3, 0.4) is 0 Å². The summed E-state index contributed by atoms with van der Waals surface area (Å²) in [6.45, 7) is 9.38. The average molecular weight is 647 g/mol. The average Bonchev–Trinajstić information content (AvgIpc) is 3.04. The van der Waals surface area contributed by atoms with E-state index in [2.05, 4.69) is 27.7 Å². The Bertz CT molecular complexity index is 880. The maximum absolute atomic E-state index is 12.7. The van der Waals surface area contributed by atoms with Crippen LogP contribution in [0.4, 0.5) is 0 Å². The maximum atomic E-state index is 12.7. The van der Waals surface area contributed by atoms with Gasteiger partial charge in [-0.15, -0.1) is 0 Å². The van der Waals surface area contributed by atoms with Crippen LogP contribution < -0.4 is 4.89 Å². The van der Waals surface area contributed by atoms with E-state index in [-0.39, 0.29) is 17.1 Å². The number of benzene rings is 1. The Hall–Kier alpha value is -1.75. The summed E-state index contributed by atoms with van der Waals surface area (Å²) in [5, 5.41) is 22.0. The molecule has 0 saturated heterocycles. The molecule has 0 aliphatic carbocycles. The molecule has 1 aromatic rings. The quantitative estimate of drug-likeness (QED) is 0.0451. The molecule has 0 aliphatic heterocycles. The molecule has 0 unspecified atom stereocenters. The zero-order valence-corrected chi connectivity index (χ0v) is 30.8. The molecule has 2 N–H and O–H groups in total. The Morgan fingerprint density at radius 2 is 0.826 bits per heavy atom. The monoisotopic (exact) mass is 647 g/mol. The molecular formula is C41H74O5. The summed E-state index contributed by atoms with van der Waals surface area (Å²) < 4.78 is 0. The van der Waals surface area contributed by atoms with Crippen molar-refractivity contribution in [1.82, 2.24) is 0 Å². The van der Waals surface area contributed by atoms with Gasteiger partial charge in [0.2, 0.25) is 5.75 Å². The standard InChI is InChI=1S/C41H74O5/c1-5-9-13-17-20-23-27-31-35-36(32-28-24-21-18-14-10-6-2)38(41(43)44)39(42)40(46-45-34-30-26-16-12-8-4)37(35)33-29-25-22-19-15-11-7-3/h42H,5-34H2,1-4H3,(H,43,44). The summed E-state index contributed by atoms with van der Waals surface area (Å²) in [4.78, 5) is 24.4. The van der Waals surface area contributed by atoms with Crippen LogP contribution in [0.25, 0.3) is 0 Å². The van der Waals surface area contributed by atoms with Crippen LogP contribution in [0.5, 0.6) is 11.5 Å². The van der Waals surface area contributed by atoms with Gasteiger partial charge in [0.25, 0.3) is 0 Å². The SMILES string of the molecule is CCCCCCCCCc1c(CCCCCCCCC)c(OOCCCCCCC)c(O)c(C(=O)O)c1CCCCCCCCC. The highest BCUT2D eigenvalue weighted by molar-refractivity contribution is 5.94. The number of aromatic carboxylic acids is 1. The maximum Gasteiger partial charge on any atom is 0.339 e. The molecule has 0 aromatic heterocycles. The van der Waals surface area contributed by atoms with E-state index >= 15 is 0 Å². The zero-order valence-electron chi connectivity index (χ0n) is 30.8. The summed E-state index contributed by atoms with van der Waals surface area (Å²) in [5.41, 5.74) is 2.98. The summed E-state index contributed by atoms with van der Waals surface area (Å²) in [6.07, 6.45) is 33.0. The molecule has 1 aromatic carbocycles. The van der Waals surface area contributed by atoms with Gasteiger partial charge < -0.3 is 15.1 Å². The predicted octanol–water partition coefficient (Wildman–Crippen LogP) is 13.3. The Morgan fingerprint density at radius 1 is 0.478 bits per heavy atom. The summed E-state index contributed by atoms with van der Waals surface area (Å²) in [5.74, 6) is -1.04. The van der Waals surface area contributed by atoms with Crippen LogP contribution in [0.15, 0.2) is 0 Å². The minimum atomic E-state index is -1.07. The molecule has 0 fully saturated rings. The molecule has 0 amide bonds. The summed E-state index contributed by atoms with van der Waals surface area (Å²) >= 11 is 0. The number of rotatable bonds is 33. The van der Waals surface area contributed by atoms with Gasteiger partial charge in [0.1, 0.15) is 5.56 Å². The number of unbranched alkanes of at least 4 members (excludes halogenated alkanes) is 22. The fourth-order valence-electron chi connectivity index (χ4n) is 6.67. The molecule has 46 heavy (non-hydrogen) atoms. The Morgan fingerprint density at radius 3 is 1.24 bits per heavy atom. The van der Waals surface area contributed by atoms with Crippen LogP contribution in [-0.2, 0) is 24.2 Å². The van der Waals surface area contributed by atoms with Gasteiger partial charge in [-0.1, -0.05) is 169 Å². The Balaban J connectivity index is 3.28. The highest BCUT2D eigenvalue weighted by Crippen LogP contribution is 2.42. The number of carboxylic acids is 1. The minimum absolute atomic E-state index is 0.0359. The lowest BCUT2D eigenvalue weighted by Gasteiger charge is -2.23. The van der Waals surface area contributed by atoms with Crippen molar-refractivity contribution in [2.45, 2.75) is 214 Å². The first-order valence-electron chi connectivity index (χ1n) is 19.9. The molecule has 268 valence electrons. The molecule has 5 nitrogen and oxygen atoms in total. The van der Waals surface area contributed by atoms with Crippen molar-refractivity contribution in [2.75, 3.05) is 6.61 Å². The number of hydrogen-bond donors (Lipinski definition) is 2. The van der Waals surface area contributed by atoms with Gasteiger partial charge in [0, 0.05) is 5.56 Å². The smallest absolute Gasteiger partial charge is 0.339 e. The van der Waals surface area contributed by atoms with Gasteiger partial charge >= 0.3 is 5.97 Å². The molecule has 0 heterocycles. The number of carboxylic acid groups (broad SMARTS) is 1. The van der Waals surface area contributed by atoms with Gasteiger partial charge in [0.05, 0.1) is 6.61 Å². The minimum Gasteiger partial charge on any atom is -0.504 e. The van der Waals surface area contributed by atoms with Crippen molar-refractivity contribution in [3.8, 4) is 11.5 Å². The predicted molar refractivity (Wildman–Crippen MR) is 195 cm³/mol. The fourth-order valence-corrected chi connectivity index (χ4v) is 6.67. The fraction of sp³-hybridized carbons (Fsp3) is 0.829. The van der Waals surface area contributed by atoms with Crippen LogP contribution >= 0.6 is 0 Å². The van der Waals surface area contributed by atoms with Gasteiger partial charge in [-0.05, 0) is 56.1 Å². The molecule has 0 atom stereocenters. The third-order valence-corrected chi connectivity index (χ3v) is 9.53. The van der Waals surface area contributed by atoms with Gasteiger partial charge in [0.15, 0.2) is 5.75 Å². The van der Waals surface area contributed by atoms with Gasteiger partial charge in [-0.2, -0.15) is 4.89 Å². The molecule has 5 heteroatoms. The van der Waals surface area contributed by atoms with Crippen molar-refractivity contribution in [3.05, 3.63) is 22.3 Å². The Labute approximate surface area is 284 Å². The first-order chi connectivity index (χ1) is 22.5. The third-order valence-electron chi connectivity index (χ3n) is 9.53. The lowest BCUT2D eigenvalue weighted by molar-refractivity contribution is -0.208. The van der Waals surface area contributed by atoms with E-state index in [9.17, 15) is 15.0 Å². The molecule has 0 aliphatic rings. The van der Waals surface area contributed by atoms with Crippen LogP contribution in [0, 0.1) is 0 Å². The largest absolute Gasteiger partial charge is 0.504 e. The van der Waals surface area contributed by atoms with Crippen molar-refractivity contribution in [2.24, 2.45) is 0 Å². The van der Waals surface area contributed by atoms with Crippen molar-refractivity contribution < 1.29 is 24.8 Å². The van der Waals surface area contributed by atoms with E-state index in [0.29, 0.717) is 13.0 Å². The number of aromatic hydroxyl groups is 1. The van der Waals surface area contributed by atoms with Crippen molar-refractivity contribution in [1.29, 1.82) is 0 Å². The van der Waals surface area contributed by atoms with E-state index in [4.69, 9.17) is 9.78 Å². The number of phenols is 1. The molecule has 0 saturated carbocycles. The van der Waals surface area contributed by atoms with Gasteiger partial charge in [-0.3, -0.25) is 0 Å². The first-order valence-corrected chi connectivity index (χ1v) is 19.9. The molecule has 1 rings (SSSR count). The highest BCUT2D eigenvalue weighted by Gasteiger charge is 2.28. The topological polar surface area (TPSA) is 76.0 Å². The van der Waals surface area contributed by atoms with E-state index in [1.54, 1.807) is 0 Å². The molecule has 0 bridgehead atoms. The van der Waals surface area contributed by atoms with Crippen LogP contribution in [0.1, 0.15) is 222 Å². The zero-order chi connectivity index (χ0) is 33.7. The number of hydrogen-bond acceptors (Lipinski definition) is 4. The van der Waals surface area contributed by atoms with Crippen molar-refractivity contribution in [3.63, 3.8) is 0 Å². The van der Waals surface area contributed by atoms with Crippen molar-refractivity contribution >= 4 is 5.97 Å². The van der Waals surface area contributed by atoms with Gasteiger partial charge in [-0.25, -0.2) is 4.79 Å². The molecule has 0 spiro atoms. The van der Waals surface area contributed by atoms with Crippen LogP contribution in [0.2, 0.25) is 0 Å². The second-order valence-electron chi connectivity index (χ2n) is 13.7. The molecular weight excluding hydrogens is 572 g/mol. The van der Waals surface area contributed by atoms with E-state index in [0.717, 1.165) is 80.9 Å². The highest BCUT2D eigenvalue weighted by atomic mass is 17.2. The van der Waals surface area contributed by atoms with E-state index in [1.807, 2.05) is 0 Å². The first kappa shape index (κ1) is 42.3. The lowest BCUT2D eigenvalue weighted by Crippen LogP contribution is -2.14. The van der Waals surface area contributed by atoms with Crippen LogP contribution in [-0.4, -0.2) is 22.8 Å². The van der Waals surface area contributed by atoms with E-state index < -0.39 is 5.97 Å². The normalized spacial score (nSPS) is 11.4. The second-order valence-corrected chi connectivity index (χ2v) is 13.7. The van der Waals surface area contributed by atoms with E-state index in [1.165, 1.54) is 116 Å².